The zero-order chi connectivity index (χ0) is 16.8. The number of carboxylic acid groups (broad SMARTS) is 1. The number of nitrogens with zero attached hydrogens (tertiary/aromatic N) is 1. The summed E-state index contributed by atoms with van der Waals surface area (Å²) in [5.41, 5.74) is 0.653. The van der Waals surface area contributed by atoms with E-state index in [4.69, 9.17) is 9.84 Å². The standard InChI is InChI=1S/C16H20N2O5/c1-2-23-13-6-4-3-5-12(13)18-10-11(9-14(18)19)16(22)17-8-7-15(20)21/h3-6,11H,2,7-10H2,1H3,(H,17,22)(H,20,21). The Labute approximate surface area is 134 Å². The maximum Gasteiger partial charge on any atom is 0.305 e. The molecule has 23 heavy (non-hydrogen) atoms. The molecule has 0 radical (unpaired) electrons. The van der Waals surface area contributed by atoms with Gasteiger partial charge < -0.3 is 20.1 Å². The topological polar surface area (TPSA) is 95.9 Å². The first kappa shape index (κ1) is 16.8. The van der Waals surface area contributed by atoms with Crippen LogP contribution in [0.25, 0.3) is 0 Å². The van der Waals surface area contributed by atoms with E-state index in [1.165, 1.54) is 0 Å². The lowest BCUT2D eigenvalue weighted by atomic mass is 10.1. The highest BCUT2D eigenvalue weighted by molar-refractivity contribution is 6.01. The Morgan fingerprint density at radius 1 is 1.39 bits per heavy atom. The number of aliphatic carboxylic acids is 1. The Bertz CT molecular complexity index is 602. The first-order chi connectivity index (χ1) is 11.0. The quantitative estimate of drug-likeness (QED) is 0.782. The number of carbonyl (C=O) groups is 3. The zero-order valence-electron chi connectivity index (χ0n) is 12.9. The molecule has 1 aromatic rings. The van der Waals surface area contributed by atoms with E-state index in [2.05, 4.69) is 5.32 Å². The maximum atomic E-state index is 12.2. The van der Waals surface area contributed by atoms with E-state index < -0.39 is 11.9 Å². The van der Waals surface area contributed by atoms with Gasteiger partial charge in [0.1, 0.15) is 5.75 Å². The Kier molecular flexibility index (Phi) is 5.56. The number of para-hydroxylation sites is 2. The molecule has 2 N–H and O–H groups in total. The Morgan fingerprint density at radius 3 is 2.83 bits per heavy atom. The molecule has 0 saturated carbocycles. The van der Waals surface area contributed by atoms with Gasteiger partial charge in [-0.1, -0.05) is 12.1 Å². The number of rotatable bonds is 7. The molecule has 7 heteroatoms. The van der Waals surface area contributed by atoms with Gasteiger partial charge in [-0.2, -0.15) is 0 Å². The summed E-state index contributed by atoms with van der Waals surface area (Å²) in [6.07, 6.45) is -0.0251. The van der Waals surface area contributed by atoms with E-state index >= 15 is 0 Å². The molecule has 0 spiro atoms. The number of ether oxygens (including phenoxy) is 1. The van der Waals surface area contributed by atoms with Crippen LogP contribution in [0.1, 0.15) is 19.8 Å². The van der Waals surface area contributed by atoms with Gasteiger partial charge in [-0.25, -0.2) is 0 Å². The molecule has 0 aliphatic carbocycles. The van der Waals surface area contributed by atoms with Crippen LogP contribution in [-0.4, -0.2) is 42.6 Å². The van der Waals surface area contributed by atoms with E-state index in [1.54, 1.807) is 17.0 Å². The molecule has 1 heterocycles. The van der Waals surface area contributed by atoms with Crippen LogP contribution < -0.4 is 15.0 Å². The molecule has 0 aromatic heterocycles. The summed E-state index contributed by atoms with van der Waals surface area (Å²) in [4.78, 5) is 36.3. The third kappa shape index (κ3) is 4.21. The highest BCUT2D eigenvalue weighted by Gasteiger charge is 2.36. The smallest absolute Gasteiger partial charge is 0.305 e. The minimum absolute atomic E-state index is 0.0639. The minimum atomic E-state index is -0.972. The molecule has 1 atom stereocenters. The molecule has 2 rings (SSSR count). The molecule has 1 unspecified atom stereocenters. The van der Waals surface area contributed by atoms with Crippen molar-refractivity contribution < 1.29 is 24.2 Å². The molecule has 1 aromatic carbocycles. The van der Waals surface area contributed by atoms with Crippen molar-refractivity contribution in [3.63, 3.8) is 0 Å². The molecule has 2 amide bonds. The number of hydrogen-bond acceptors (Lipinski definition) is 4. The van der Waals surface area contributed by atoms with Crippen LogP contribution in [0.5, 0.6) is 5.75 Å². The number of nitrogens with one attached hydrogen (secondary N) is 1. The first-order valence-electron chi connectivity index (χ1n) is 7.54. The SMILES string of the molecule is CCOc1ccccc1N1CC(C(=O)NCCC(=O)O)CC1=O. The third-order valence-electron chi connectivity index (χ3n) is 3.59. The number of hydrogen-bond donors (Lipinski definition) is 2. The van der Waals surface area contributed by atoms with Crippen molar-refractivity contribution in [2.24, 2.45) is 5.92 Å². The van der Waals surface area contributed by atoms with Gasteiger partial charge in [0.15, 0.2) is 0 Å². The molecule has 1 saturated heterocycles. The van der Waals surface area contributed by atoms with Crippen molar-refractivity contribution in [1.29, 1.82) is 0 Å². The number of carbonyl (C=O) groups excluding carboxylic acids is 2. The molecule has 1 fully saturated rings. The molecule has 0 bridgehead atoms. The second-order valence-corrected chi connectivity index (χ2v) is 5.24. The van der Waals surface area contributed by atoms with Crippen molar-refractivity contribution in [3.05, 3.63) is 24.3 Å². The highest BCUT2D eigenvalue weighted by Crippen LogP contribution is 2.33. The van der Waals surface area contributed by atoms with Gasteiger partial charge in [0.25, 0.3) is 0 Å². The van der Waals surface area contributed by atoms with Crippen LogP contribution in [0, 0.1) is 5.92 Å². The predicted molar refractivity (Wildman–Crippen MR) is 83.3 cm³/mol. The molecular weight excluding hydrogens is 300 g/mol. The van der Waals surface area contributed by atoms with Crippen LogP contribution in [0.15, 0.2) is 24.3 Å². The van der Waals surface area contributed by atoms with Crippen molar-refractivity contribution in [3.8, 4) is 5.75 Å². The molecule has 124 valence electrons. The van der Waals surface area contributed by atoms with Crippen LogP contribution in [0.2, 0.25) is 0 Å². The molecule has 1 aliphatic rings. The lowest BCUT2D eigenvalue weighted by Crippen LogP contribution is -2.34. The largest absolute Gasteiger partial charge is 0.492 e. The number of carboxylic acids is 1. The lowest BCUT2D eigenvalue weighted by Gasteiger charge is -2.20. The summed E-state index contributed by atoms with van der Waals surface area (Å²) < 4.78 is 5.53. The lowest BCUT2D eigenvalue weighted by molar-refractivity contribution is -0.137. The van der Waals surface area contributed by atoms with Crippen LogP contribution in [0.3, 0.4) is 0 Å². The average Bonchev–Trinajstić information content (AvgIpc) is 2.89. The van der Waals surface area contributed by atoms with E-state index in [-0.39, 0.29) is 37.7 Å². The Balaban J connectivity index is 2.02. The third-order valence-corrected chi connectivity index (χ3v) is 3.59. The Morgan fingerprint density at radius 2 is 2.13 bits per heavy atom. The Hall–Kier alpha value is -2.57. The summed E-state index contributed by atoms with van der Waals surface area (Å²) in [7, 11) is 0. The summed E-state index contributed by atoms with van der Waals surface area (Å²) in [5, 5.41) is 11.1. The minimum Gasteiger partial charge on any atom is -0.492 e. The van der Waals surface area contributed by atoms with Gasteiger partial charge in [0.2, 0.25) is 11.8 Å². The predicted octanol–water partition coefficient (Wildman–Crippen LogP) is 1.03. The summed E-state index contributed by atoms with van der Waals surface area (Å²) in [6.45, 7) is 2.68. The van der Waals surface area contributed by atoms with Gasteiger partial charge in [0.05, 0.1) is 24.6 Å². The fourth-order valence-electron chi connectivity index (χ4n) is 2.51. The summed E-state index contributed by atoms with van der Waals surface area (Å²) in [6, 6.07) is 7.20. The molecular formula is C16H20N2O5. The average molecular weight is 320 g/mol. The maximum absolute atomic E-state index is 12.2. The van der Waals surface area contributed by atoms with Gasteiger partial charge in [-0.05, 0) is 19.1 Å². The monoisotopic (exact) mass is 320 g/mol. The van der Waals surface area contributed by atoms with Crippen LogP contribution >= 0.6 is 0 Å². The summed E-state index contributed by atoms with van der Waals surface area (Å²) >= 11 is 0. The van der Waals surface area contributed by atoms with E-state index in [9.17, 15) is 14.4 Å². The van der Waals surface area contributed by atoms with Gasteiger partial charge in [-0.15, -0.1) is 0 Å². The van der Waals surface area contributed by atoms with E-state index in [1.807, 2.05) is 19.1 Å². The highest BCUT2D eigenvalue weighted by atomic mass is 16.5. The molecule has 1 aliphatic heterocycles. The second kappa shape index (κ2) is 7.62. The zero-order valence-corrected chi connectivity index (χ0v) is 12.9. The van der Waals surface area contributed by atoms with Crippen molar-refractivity contribution in [1.82, 2.24) is 5.32 Å². The van der Waals surface area contributed by atoms with Crippen molar-refractivity contribution in [2.45, 2.75) is 19.8 Å². The fraction of sp³-hybridized carbons (Fsp3) is 0.438. The van der Waals surface area contributed by atoms with Gasteiger partial charge >= 0.3 is 5.97 Å². The van der Waals surface area contributed by atoms with Crippen LogP contribution in [0.4, 0.5) is 5.69 Å². The van der Waals surface area contributed by atoms with E-state index in [0.717, 1.165) is 0 Å². The van der Waals surface area contributed by atoms with Gasteiger partial charge in [0, 0.05) is 19.5 Å². The first-order valence-corrected chi connectivity index (χ1v) is 7.54. The summed E-state index contributed by atoms with van der Waals surface area (Å²) in [5.74, 6) is -1.28. The number of amides is 2. The fourth-order valence-corrected chi connectivity index (χ4v) is 2.51. The van der Waals surface area contributed by atoms with Crippen molar-refractivity contribution >= 4 is 23.5 Å². The molecule has 7 nitrogen and oxygen atoms in total. The van der Waals surface area contributed by atoms with Crippen LogP contribution in [-0.2, 0) is 14.4 Å². The van der Waals surface area contributed by atoms with Crippen molar-refractivity contribution in [2.75, 3.05) is 24.6 Å². The number of benzene rings is 1. The van der Waals surface area contributed by atoms with E-state index in [0.29, 0.717) is 18.0 Å². The number of anilines is 1. The normalized spacial score (nSPS) is 17.2. The second-order valence-electron chi connectivity index (χ2n) is 5.24. The van der Waals surface area contributed by atoms with Gasteiger partial charge in [-0.3, -0.25) is 14.4 Å².